The monoisotopic (exact) mass is 272 g/mol. The first-order chi connectivity index (χ1) is 8.84. The van der Waals surface area contributed by atoms with Crippen molar-refractivity contribution >= 4 is 6.09 Å². The van der Waals surface area contributed by atoms with Gasteiger partial charge in [0, 0.05) is 18.1 Å². The van der Waals surface area contributed by atoms with Gasteiger partial charge in [0.1, 0.15) is 5.60 Å². The van der Waals surface area contributed by atoms with Crippen LogP contribution in [0.2, 0.25) is 0 Å². The van der Waals surface area contributed by atoms with Crippen LogP contribution in [0.4, 0.5) is 4.79 Å². The standard InChI is InChI=1S/C14H28N2O3/c1-5-10(9-17)15-11-6-7-12(8-11)16-13(18)19-14(2,3)4/h10-12,15,17H,5-9H2,1-4H3,(H,16,18). The zero-order chi connectivity index (χ0) is 14.5. The molecule has 1 amide bonds. The van der Waals surface area contributed by atoms with Crippen molar-refractivity contribution in [1.29, 1.82) is 0 Å². The molecular weight excluding hydrogens is 244 g/mol. The predicted molar refractivity (Wildman–Crippen MR) is 75.1 cm³/mol. The number of ether oxygens (including phenoxy) is 1. The van der Waals surface area contributed by atoms with Gasteiger partial charge in [-0.25, -0.2) is 4.79 Å². The quantitative estimate of drug-likeness (QED) is 0.713. The molecule has 3 N–H and O–H groups in total. The van der Waals surface area contributed by atoms with Crippen molar-refractivity contribution in [1.82, 2.24) is 10.6 Å². The maximum Gasteiger partial charge on any atom is 0.407 e. The number of hydrogen-bond donors (Lipinski definition) is 3. The summed E-state index contributed by atoms with van der Waals surface area (Å²) in [6, 6.07) is 0.700. The topological polar surface area (TPSA) is 70.6 Å². The zero-order valence-electron chi connectivity index (χ0n) is 12.5. The molecule has 0 aromatic rings. The van der Waals surface area contributed by atoms with Crippen LogP contribution in [0.15, 0.2) is 0 Å². The molecule has 0 heterocycles. The largest absolute Gasteiger partial charge is 0.444 e. The number of amides is 1. The minimum absolute atomic E-state index is 0.158. The number of hydrogen-bond acceptors (Lipinski definition) is 4. The summed E-state index contributed by atoms with van der Waals surface area (Å²) in [5.41, 5.74) is -0.454. The summed E-state index contributed by atoms with van der Waals surface area (Å²) >= 11 is 0. The van der Waals surface area contributed by atoms with Gasteiger partial charge in [-0.1, -0.05) is 6.92 Å². The molecule has 0 aromatic carbocycles. The number of nitrogens with one attached hydrogen (secondary N) is 2. The molecule has 3 unspecified atom stereocenters. The number of aliphatic hydroxyl groups is 1. The molecule has 0 aromatic heterocycles. The molecule has 0 radical (unpaired) electrons. The minimum Gasteiger partial charge on any atom is -0.444 e. The smallest absolute Gasteiger partial charge is 0.407 e. The third-order valence-corrected chi connectivity index (χ3v) is 3.34. The van der Waals surface area contributed by atoms with E-state index in [0.717, 1.165) is 25.7 Å². The third kappa shape index (κ3) is 6.25. The third-order valence-electron chi connectivity index (χ3n) is 3.34. The van der Waals surface area contributed by atoms with Crippen LogP contribution in [0.25, 0.3) is 0 Å². The first-order valence-corrected chi connectivity index (χ1v) is 7.20. The highest BCUT2D eigenvalue weighted by Gasteiger charge is 2.28. The first-order valence-electron chi connectivity index (χ1n) is 7.20. The number of rotatable bonds is 5. The molecule has 1 aliphatic rings. The lowest BCUT2D eigenvalue weighted by molar-refractivity contribution is 0.0505. The fourth-order valence-electron chi connectivity index (χ4n) is 2.37. The molecule has 5 nitrogen and oxygen atoms in total. The molecule has 3 atom stereocenters. The average Bonchev–Trinajstić information content (AvgIpc) is 2.70. The van der Waals surface area contributed by atoms with Gasteiger partial charge in [-0.15, -0.1) is 0 Å². The molecule has 1 fully saturated rings. The van der Waals surface area contributed by atoms with Gasteiger partial charge in [0.25, 0.3) is 0 Å². The Kier molecular flexibility index (Phi) is 6.07. The van der Waals surface area contributed by atoms with Crippen molar-refractivity contribution in [3.63, 3.8) is 0 Å². The Morgan fingerprint density at radius 1 is 1.37 bits per heavy atom. The van der Waals surface area contributed by atoms with E-state index in [1.807, 2.05) is 20.8 Å². The van der Waals surface area contributed by atoms with Crippen LogP contribution in [0.5, 0.6) is 0 Å². The van der Waals surface area contributed by atoms with Crippen molar-refractivity contribution in [2.75, 3.05) is 6.61 Å². The zero-order valence-corrected chi connectivity index (χ0v) is 12.5. The summed E-state index contributed by atoms with van der Waals surface area (Å²) in [7, 11) is 0. The fraction of sp³-hybridized carbons (Fsp3) is 0.929. The summed E-state index contributed by atoms with van der Waals surface area (Å²) in [4.78, 5) is 11.7. The van der Waals surface area contributed by atoms with Crippen molar-refractivity contribution in [2.45, 2.75) is 77.1 Å². The van der Waals surface area contributed by atoms with Gasteiger partial charge in [-0.2, -0.15) is 0 Å². The summed E-state index contributed by atoms with van der Waals surface area (Å²) in [5.74, 6) is 0. The van der Waals surface area contributed by atoms with Crippen LogP contribution >= 0.6 is 0 Å². The lowest BCUT2D eigenvalue weighted by Gasteiger charge is -2.22. The van der Waals surface area contributed by atoms with E-state index in [1.54, 1.807) is 0 Å². The van der Waals surface area contributed by atoms with Crippen molar-refractivity contribution in [3.8, 4) is 0 Å². The Bertz CT molecular complexity index is 285. The van der Waals surface area contributed by atoms with E-state index in [9.17, 15) is 9.90 Å². The highest BCUT2D eigenvalue weighted by molar-refractivity contribution is 5.68. The van der Waals surface area contributed by atoms with E-state index in [-0.39, 0.29) is 24.8 Å². The van der Waals surface area contributed by atoms with E-state index in [0.29, 0.717) is 6.04 Å². The van der Waals surface area contributed by atoms with Crippen LogP contribution in [0, 0.1) is 0 Å². The molecule has 1 rings (SSSR count). The molecule has 1 aliphatic carbocycles. The molecule has 5 heteroatoms. The van der Waals surface area contributed by atoms with E-state index >= 15 is 0 Å². The molecule has 112 valence electrons. The van der Waals surface area contributed by atoms with Gasteiger partial charge >= 0.3 is 6.09 Å². The van der Waals surface area contributed by atoms with Crippen LogP contribution in [0.3, 0.4) is 0 Å². The summed E-state index contributed by atoms with van der Waals surface area (Å²) in [5, 5.41) is 15.5. The molecule has 0 aliphatic heterocycles. The Morgan fingerprint density at radius 3 is 2.53 bits per heavy atom. The van der Waals surface area contributed by atoms with E-state index in [1.165, 1.54) is 0 Å². The second-order valence-electron chi connectivity index (χ2n) is 6.31. The van der Waals surface area contributed by atoms with Gasteiger partial charge in [0.05, 0.1) is 6.61 Å². The number of alkyl carbamates (subject to hydrolysis) is 1. The summed E-state index contributed by atoms with van der Waals surface area (Å²) in [6.07, 6.45) is 3.45. The Hall–Kier alpha value is -0.810. The van der Waals surface area contributed by atoms with Crippen molar-refractivity contribution < 1.29 is 14.6 Å². The first kappa shape index (κ1) is 16.2. The maximum absolute atomic E-state index is 11.7. The number of carbonyl (C=O) groups is 1. The number of carbonyl (C=O) groups excluding carboxylic acids is 1. The summed E-state index contributed by atoms with van der Waals surface area (Å²) < 4.78 is 5.25. The predicted octanol–water partition coefficient (Wildman–Crippen LogP) is 1.79. The molecule has 0 bridgehead atoms. The van der Waals surface area contributed by atoms with Crippen LogP contribution < -0.4 is 10.6 Å². The Balaban J connectivity index is 2.30. The van der Waals surface area contributed by atoms with E-state index in [4.69, 9.17) is 4.74 Å². The van der Waals surface area contributed by atoms with Gasteiger partial charge in [-0.05, 0) is 46.5 Å². The van der Waals surface area contributed by atoms with Crippen molar-refractivity contribution in [2.24, 2.45) is 0 Å². The van der Waals surface area contributed by atoms with Crippen molar-refractivity contribution in [3.05, 3.63) is 0 Å². The van der Waals surface area contributed by atoms with Crippen LogP contribution in [-0.4, -0.2) is 41.5 Å². The molecule has 19 heavy (non-hydrogen) atoms. The second kappa shape index (κ2) is 7.10. The second-order valence-corrected chi connectivity index (χ2v) is 6.31. The fourth-order valence-corrected chi connectivity index (χ4v) is 2.37. The van der Waals surface area contributed by atoms with Crippen LogP contribution in [-0.2, 0) is 4.74 Å². The minimum atomic E-state index is -0.454. The lowest BCUT2D eigenvalue weighted by Crippen LogP contribution is -2.41. The van der Waals surface area contributed by atoms with E-state index < -0.39 is 5.60 Å². The molecular formula is C14H28N2O3. The highest BCUT2D eigenvalue weighted by Crippen LogP contribution is 2.20. The van der Waals surface area contributed by atoms with Gasteiger partial charge < -0.3 is 20.5 Å². The normalized spacial score (nSPS) is 25.1. The Labute approximate surface area is 116 Å². The lowest BCUT2D eigenvalue weighted by atomic mass is 10.1. The van der Waals surface area contributed by atoms with Gasteiger partial charge in [0.2, 0.25) is 0 Å². The summed E-state index contributed by atoms with van der Waals surface area (Å²) in [6.45, 7) is 7.80. The van der Waals surface area contributed by atoms with Gasteiger partial charge in [-0.3, -0.25) is 0 Å². The SMILES string of the molecule is CCC(CO)NC1CCC(NC(=O)OC(C)(C)C)C1. The molecule has 0 saturated heterocycles. The van der Waals surface area contributed by atoms with E-state index in [2.05, 4.69) is 17.6 Å². The average molecular weight is 272 g/mol. The molecule has 0 spiro atoms. The number of aliphatic hydroxyl groups excluding tert-OH is 1. The van der Waals surface area contributed by atoms with Gasteiger partial charge in [0.15, 0.2) is 0 Å². The van der Waals surface area contributed by atoms with Crippen LogP contribution in [0.1, 0.15) is 53.4 Å². The maximum atomic E-state index is 11.7. The molecule has 1 saturated carbocycles. The highest BCUT2D eigenvalue weighted by atomic mass is 16.6. The Morgan fingerprint density at radius 2 is 2.00 bits per heavy atom.